The van der Waals surface area contributed by atoms with Gasteiger partial charge in [-0.3, -0.25) is 0 Å². The van der Waals surface area contributed by atoms with Crippen LogP contribution in [0.4, 0.5) is 0 Å². The Morgan fingerprint density at radius 3 is 2.62 bits per heavy atom. The van der Waals surface area contributed by atoms with E-state index in [1.54, 1.807) is 0 Å². The van der Waals surface area contributed by atoms with Crippen LogP contribution in [0.1, 0.15) is 17.8 Å². The van der Waals surface area contributed by atoms with E-state index in [2.05, 4.69) is 35.9 Å². The number of hydrogen-bond donors (Lipinski definition) is 1. The maximum Gasteiger partial charge on any atom is 0.0265 e. The van der Waals surface area contributed by atoms with Gasteiger partial charge in [0.05, 0.1) is 0 Å². The van der Waals surface area contributed by atoms with Gasteiger partial charge >= 0.3 is 0 Å². The topological polar surface area (TPSA) is 17.0 Å². The quantitative estimate of drug-likeness (QED) is 0.729. The van der Waals surface area contributed by atoms with Crippen molar-refractivity contribution in [3.63, 3.8) is 0 Å². The molecule has 1 atom stereocenters. The molecule has 1 aliphatic heterocycles. The first kappa shape index (κ1) is 8.82. The minimum atomic E-state index is 0.838. The molecule has 2 heteroatoms. The Bertz CT molecular complexity index is 263. The summed E-state index contributed by atoms with van der Waals surface area (Å²) in [5.74, 6) is 0.838. The molecular formula is C11H18N2. The maximum absolute atomic E-state index is 3.41. The Hall–Kier alpha value is -0.760. The summed E-state index contributed by atoms with van der Waals surface area (Å²) in [5.41, 5.74) is 2.79. The molecule has 0 saturated carbocycles. The highest BCUT2D eigenvalue weighted by atomic mass is 15.0. The van der Waals surface area contributed by atoms with E-state index in [4.69, 9.17) is 0 Å². The van der Waals surface area contributed by atoms with Gasteiger partial charge in [0, 0.05) is 17.9 Å². The van der Waals surface area contributed by atoms with Gasteiger partial charge < -0.3 is 9.88 Å². The highest BCUT2D eigenvalue weighted by molar-refractivity contribution is 5.13. The lowest BCUT2D eigenvalue weighted by Crippen LogP contribution is -2.15. The van der Waals surface area contributed by atoms with E-state index in [0.29, 0.717) is 0 Å². The summed E-state index contributed by atoms with van der Waals surface area (Å²) in [7, 11) is 0. The predicted octanol–water partition coefficient (Wildman–Crippen LogP) is 1.71. The van der Waals surface area contributed by atoms with Crippen molar-refractivity contribution in [2.75, 3.05) is 13.1 Å². The summed E-state index contributed by atoms with van der Waals surface area (Å²) >= 11 is 0. The lowest BCUT2D eigenvalue weighted by Gasteiger charge is -2.13. The fraction of sp³-hybridized carbons (Fsp3) is 0.636. The van der Waals surface area contributed by atoms with Crippen LogP contribution in [0.25, 0.3) is 0 Å². The number of nitrogens with one attached hydrogen (secondary N) is 1. The molecule has 1 aliphatic rings. The lowest BCUT2D eigenvalue weighted by atomic mass is 10.1. The Morgan fingerprint density at radius 2 is 2.08 bits per heavy atom. The van der Waals surface area contributed by atoms with E-state index in [-0.39, 0.29) is 0 Å². The van der Waals surface area contributed by atoms with Crippen molar-refractivity contribution >= 4 is 0 Å². The summed E-state index contributed by atoms with van der Waals surface area (Å²) in [6.07, 6.45) is 1.33. The maximum atomic E-state index is 3.41. The standard InChI is InChI=1S/C11H18N2/c1-9-3-4-10(2)13(9)8-11-5-6-12-7-11/h3-4,11-12H,5-8H2,1-2H3. The third-order valence-electron chi connectivity index (χ3n) is 3.02. The van der Waals surface area contributed by atoms with E-state index in [0.717, 1.165) is 5.92 Å². The highest BCUT2D eigenvalue weighted by Crippen LogP contribution is 2.15. The van der Waals surface area contributed by atoms with Gasteiger partial charge in [-0.15, -0.1) is 0 Å². The molecular weight excluding hydrogens is 160 g/mol. The normalized spacial score (nSPS) is 22.5. The van der Waals surface area contributed by atoms with Crippen LogP contribution in [-0.4, -0.2) is 17.7 Å². The molecule has 1 N–H and O–H groups in total. The van der Waals surface area contributed by atoms with Crippen LogP contribution < -0.4 is 5.32 Å². The fourth-order valence-corrected chi connectivity index (χ4v) is 2.12. The largest absolute Gasteiger partial charge is 0.349 e. The van der Waals surface area contributed by atoms with Gasteiger partial charge in [0.15, 0.2) is 0 Å². The average molecular weight is 178 g/mol. The van der Waals surface area contributed by atoms with E-state index >= 15 is 0 Å². The molecule has 1 aromatic heterocycles. The monoisotopic (exact) mass is 178 g/mol. The van der Waals surface area contributed by atoms with Gasteiger partial charge in [0.2, 0.25) is 0 Å². The number of nitrogens with zero attached hydrogens (tertiary/aromatic N) is 1. The van der Waals surface area contributed by atoms with Crippen LogP contribution in [-0.2, 0) is 6.54 Å². The van der Waals surface area contributed by atoms with E-state index in [9.17, 15) is 0 Å². The molecule has 2 rings (SSSR count). The van der Waals surface area contributed by atoms with Crippen LogP contribution in [0.5, 0.6) is 0 Å². The van der Waals surface area contributed by atoms with Gasteiger partial charge in [0.25, 0.3) is 0 Å². The number of rotatable bonds is 2. The number of aromatic nitrogens is 1. The fourth-order valence-electron chi connectivity index (χ4n) is 2.12. The molecule has 1 fully saturated rings. The summed E-state index contributed by atoms with van der Waals surface area (Å²) in [6.45, 7) is 7.96. The van der Waals surface area contributed by atoms with Crippen molar-refractivity contribution in [3.05, 3.63) is 23.5 Å². The molecule has 0 bridgehead atoms. The highest BCUT2D eigenvalue weighted by Gasteiger charge is 2.15. The summed E-state index contributed by atoms with van der Waals surface area (Å²) in [5, 5.41) is 3.41. The average Bonchev–Trinajstić information content (AvgIpc) is 2.70. The zero-order valence-corrected chi connectivity index (χ0v) is 8.51. The van der Waals surface area contributed by atoms with Crippen LogP contribution in [0.3, 0.4) is 0 Å². The summed E-state index contributed by atoms with van der Waals surface area (Å²) in [4.78, 5) is 0. The lowest BCUT2D eigenvalue weighted by molar-refractivity contribution is 0.471. The third-order valence-corrected chi connectivity index (χ3v) is 3.02. The minimum Gasteiger partial charge on any atom is -0.349 e. The molecule has 1 aromatic rings. The van der Waals surface area contributed by atoms with Crippen molar-refractivity contribution in [3.8, 4) is 0 Å². The van der Waals surface area contributed by atoms with Gasteiger partial charge in [-0.1, -0.05) is 0 Å². The second-order valence-corrected chi connectivity index (χ2v) is 4.09. The first-order valence-corrected chi connectivity index (χ1v) is 5.11. The van der Waals surface area contributed by atoms with Crippen LogP contribution in [0.15, 0.2) is 12.1 Å². The molecule has 2 heterocycles. The zero-order valence-electron chi connectivity index (χ0n) is 8.51. The molecule has 0 aromatic carbocycles. The van der Waals surface area contributed by atoms with Crippen LogP contribution in [0, 0.1) is 19.8 Å². The van der Waals surface area contributed by atoms with Crippen molar-refractivity contribution in [1.29, 1.82) is 0 Å². The second-order valence-electron chi connectivity index (χ2n) is 4.09. The molecule has 1 saturated heterocycles. The Balaban J connectivity index is 2.07. The van der Waals surface area contributed by atoms with E-state index in [1.165, 1.54) is 37.4 Å². The Labute approximate surface area is 79.9 Å². The summed E-state index contributed by atoms with van der Waals surface area (Å²) in [6, 6.07) is 4.41. The SMILES string of the molecule is Cc1ccc(C)n1CC1CCNC1. The van der Waals surface area contributed by atoms with E-state index < -0.39 is 0 Å². The molecule has 72 valence electrons. The van der Waals surface area contributed by atoms with Gasteiger partial charge in [-0.05, 0) is 51.4 Å². The Morgan fingerprint density at radius 1 is 1.38 bits per heavy atom. The van der Waals surface area contributed by atoms with Crippen molar-refractivity contribution in [1.82, 2.24) is 9.88 Å². The first-order chi connectivity index (χ1) is 6.27. The molecule has 13 heavy (non-hydrogen) atoms. The minimum absolute atomic E-state index is 0.838. The molecule has 1 unspecified atom stereocenters. The zero-order chi connectivity index (χ0) is 9.26. The van der Waals surface area contributed by atoms with Crippen molar-refractivity contribution < 1.29 is 0 Å². The molecule has 2 nitrogen and oxygen atoms in total. The van der Waals surface area contributed by atoms with Gasteiger partial charge in [-0.25, -0.2) is 0 Å². The number of aryl methyl sites for hydroxylation is 2. The smallest absolute Gasteiger partial charge is 0.0265 e. The van der Waals surface area contributed by atoms with Crippen LogP contribution in [0.2, 0.25) is 0 Å². The molecule has 0 radical (unpaired) electrons. The molecule has 0 aliphatic carbocycles. The second kappa shape index (κ2) is 3.54. The van der Waals surface area contributed by atoms with E-state index in [1.807, 2.05) is 0 Å². The Kier molecular flexibility index (Phi) is 2.40. The van der Waals surface area contributed by atoms with Gasteiger partial charge in [-0.2, -0.15) is 0 Å². The first-order valence-electron chi connectivity index (χ1n) is 5.11. The number of hydrogen-bond acceptors (Lipinski definition) is 1. The predicted molar refractivity (Wildman–Crippen MR) is 54.9 cm³/mol. The third kappa shape index (κ3) is 1.78. The van der Waals surface area contributed by atoms with Gasteiger partial charge in [0.1, 0.15) is 0 Å². The molecule has 0 spiro atoms. The van der Waals surface area contributed by atoms with Crippen LogP contribution >= 0.6 is 0 Å². The molecule has 0 amide bonds. The summed E-state index contributed by atoms with van der Waals surface area (Å²) < 4.78 is 2.43. The van der Waals surface area contributed by atoms with Crippen molar-refractivity contribution in [2.24, 2.45) is 5.92 Å². The van der Waals surface area contributed by atoms with Crippen molar-refractivity contribution in [2.45, 2.75) is 26.8 Å².